The molecule has 2 heterocycles. The van der Waals surface area contributed by atoms with E-state index in [0.29, 0.717) is 0 Å². The Morgan fingerprint density at radius 2 is 1.84 bits per heavy atom. The number of rotatable bonds is 5. The first-order valence-corrected chi connectivity index (χ1v) is 11.6. The predicted octanol–water partition coefficient (Wildman–Crippen LogP) is 4.24. The number of fused-ring (bicyclic) bond motifs is 1. The molecule has 0 aliphatic heterocycles. The van der Waals surface area contributed by atoms with Crippen LogP contribution in [0.15, 0.2) is 71.0 Å². The first-order chi connectivity index (χ1) is 15.0. The van der Waals surface area contributed by atoms with Crippen molar-refractivity contribution in [1.82, 2.24) is 20.2 Å². The number of benzene rings is 2. The summed E-state index contributed by atoms with van der Waals surface area (Å²) < 4.78 is 25.7. The SMILES string of the molecule is Cc1cc(-c2cccnc2)c(Nc2n[nH]c(S(=O)(=O)c3ccccc3)n2)c2c1CCC2. The Labute approximate surface area is 180 Å². The Morgan fingerprint density at radius 3 is 2.61 bits per heavy atom. The van der Waals surface area contributed by atoms with E-state index in [0.717, 1.165) is 36.1 Å². The first kappa shape index (κ1) is 19.4. The van der Waals surface area contributed by atoms with E-state index in [4.69, 9.17) is 0 Å². The molecule has 0 bridgehead atoms. The summed E-state index contributed by atoms with van der Waals surface area (Å²) in [7, 11) is -3.77. The number of aryl methyl sites for hydroxylation is 1. The molecule has 0 fully saturated rings. The first-order valence-electron chi connectivity index (χ1n) is 10.1. The van der Waals surface area contributed by atoms with Crippen LogP contribution in [0.5, 0.6) is 0 Å². The maximum absolute atomic E-state index is 12.9. The average molecular weight is 432 g/mol. The summed E-state index contributed by atoms with van der Waals surface area (Å²) in [6.07, 6.45) is 6.64. The second kappa shape index (κ2) is 7.63. The number of anilines is 2. The monoisotopic (exact) mass is 431 g/mol. The molecular formula is C23H21N5O2S. The highest BCUT2D eigenvalue weighted by atomic mass is 32.2. The van der Waals surface area contributed by atoms with Gasteiger partial charge in [-0.3, -0.25) is 4.98 Å². The van der Waals surface area contributed by atoms with Gasteiger partial charge < -0.3 is 5.32 Å². The molecule has 5 rings (SSSR count). The van der Waals surface area contributed by atoms with Gasteiger partial charge in [0.1, 0.15) is 0 Å². The number of pyridine rings is 1. The van der Waals surface area contributed by atoms with Crippen LogP contribution in [0.3, 0.4) is 0 Å². The van der Waals surface area contributed by atoms with Crippen LogP contribution in [0.4, 0.5) is 11.6 Å². The summed E-state index contributed by atoms with van der Waals surface area (Å²) >= 11 is 0. The second-order valence-corrected chi connectivity index (χ2v) is 9.44. The summed E-state index contributed by atoms with van der Waals surface area (Å²) in [5, 5.41) is 9.83. The molecule has 1 aliphatic rings. The van der Waals surface area contributed by atoms with E-state index in [9.17, 15) is 8.42 Å². The maximum atomic E-state index is 12.9. The van der Waals surface area contributed by atoms with Crippen molar-refractivity contribution in [3.63, 3.8) is 0 Å². The molecule has 8 heteroatoms. The lowest BCUT2D eigenvalue weighted by Gasteiger charge is -2.17. The highest BCUT2D eigenvalue weighted by Gasteiger charge is 2.25. The molecule has 0 saturated heterocycles. The lowest BCUT2D eigenvalue weighted by Crippen LogP contribution is -2.05. The molecule has 0 unspecified atom stereocenters. The number of nitrogens with one attached hydrogen (secondary N) is 2. The normalized spacial score (nSPS) is 13.2. The highest BCUT2D eigenvalue weighted by Crippen LogP contribution is 2.40. The molecule has 0 atom stereocenters. The van der Waals surface area contributed by atoms with Crippen LogP contribution in [0.1, 0.15) is 23.1 Å². The molecule has 2 N–H and O–H groups in total. The van der Waals surface area contributed by atoms with Gasteiger partial charge in [-0.15, -0.1) is 5.10 Å². The van der Waals surface area contributed by atoms with Crippen molar-refractivity contribution in [3.05, 3.63) is 77.6 Å². The van der Waals surface area contributed by atoms with Crippen LogP contribution in [-0.4, -0.2) is 28.6 Å². The largest absolute Gasteiger partial charge is 0.322 e. The Morgan fingerprint density at radius 1 is 1.03 bits per heavy atom. The zero-order chi connectivity index (χ0) is 21.4. The van der Waals surface area contributed by atoms with Gasteiger partial charge in [-0.1, -0.05) is 24.3 Å². The van der Waals surface area contributed by atoms with Crippen molar-refractivity contribution in [3.8, 4) is 11.1 Å². The zero-order valence-electron chi connectivity index (χ0n) is 17.0. The summed E-state index contributed by atoms with van der Waals surface area (Å²) in [5.41, 5.74) is 6.71. The third-order valence-corrected chi connectivity index (χ3v) is 7.19. The van der Waals surface area contributed by atoms with E-state index < -0.39 is 9.84 Å². The Kier molecular flexibility index (Phi) is 4.78. The Bertz CT molecular complexity index is 1350. The van der Waals surface area contributed by atoms with Gasteiger partial charge in [0.25, 0.3) is 0 Å². The van der Waals surface area contributed by atoms with Crippen LogP contribution < -0.4 is 5.32 Å². The van der Waals surface area contributed by atoms with Gasteiger partial charge >= 0.3 is 0 Å². The van der Waals surface area contributed by atoms with E-state index >= 15 is 0 Å². The van der Waals surface area contributed by atoms with Crippen LogP contribution in [0, 0.1) is 6.92 Å². The Hall–Kier alpha value is -3.52. The number of sulfone groups is 1. The molecule has 2 aromatic carbocycles. The van der Waals surface area contributed by atoms with E-state index in [1.54, 1.807) is 24.4 Å². The van der Waals surface area contributed by atoms with Crippen molar-refractivity contribution in [2.75, 3.05) is 5.32 Å². The van der Waals surface area contributed by atoms with Crippen molar-refractivity contribution in [2.45, 2.75) is 36.2 Å². The van der Waals surface area contributed by atoms with Crippen LogP contribution >= 0.6 is 0 Å². The molecule has 31 heavy (non-hydrogen) atoms. The maximum Gasteiger partial charge on any atom is 0.249 e. The number of H-pyrrole nitrogens is 1. The minimum absolute atomic E-state index is 0.171. The van der Waals surface area contributed by atoms with Gasteiger partial charge in [-0.2, -0.15) is 4.98 Å². The van der Waals surface area contributed by atoms with Gasteiger partial charge in [-0.05, 0) is 67.1 Å². The number of aromatic amines is 1. The molecule has 0 spiro atoms. The molecule has 2 aromatic heterocycles. The smallest absolute Gasteiger partial charge is 0.249 e. The Balaban J connectivity index is 1.57. The molecule has 7 nitrogen and oxygen atoms in total. The van der Waals surface area contributed by atoms with Gasteiger partial charge in [0.2, 0.25) is 20.9 Å². The molecule has 0 amide bonds. The van der Waals surface area contributed by atoms with E-state index in [2.05, 4.69) is 38.5 Å². The number of nitrogens with zero attached hydrogens (tertiary/aromatic N) is 3. The molecule has 1 aliphatic carbocycles. The minimum Gasteiger partial charge on any atom is -0.322 e. The quantitative estimate of drug-likeness (QED) is 0.490. The number of hydrogen-bond donors (Lipinski definition) is 2. The highest BCUT2D eigenvalue weighted by molar-refractivity contribution is 7.91. The second-order valence-electron chi connectivity index (χ2n) is 7.57. The summed E-state index contributed by atoms with van der Waals surface area (Å²) in [5.74, 6) is 0.220. The summed E-state index contributed by atoms with van der Waals surface area (Å²) in [6, 6.07) is 14.3. The fraction of sp³-hybridized carbons (Fsp3) is 0.174. The topological polar surface area (TPSA) is 101 Å². The summed E-state index contributed by atoms with van der Waals surface area (Å²) in [4.78, 5) is 8.68. The fourth-order valence-electron chi connectivity index (χ4n) is 4.13. The van der Waals surface area contributed by atoms with E-state index in [-0.39, 0.29) is 16.0 Å². The van der Waals surface area contributed by atoms with Gasteiger partial charge in [0.05, 0.1) is 10.6 Å². The minimum atomic E-state index is -3.77. The summed E-state index contributed by atoms with van der Waals surface area (Å²) in [6.45, 7) is 2.13. The molecule has 156 valence electrons. The fourth-order valence-corrected chi connectivity index (χ4v) is 5.24. The molecule has 4 aromatic rings. The van der Waals surface area contributed by atoms with Crippen LogP contribution in [0.2, 0.25) is 0 Å². The molecule has 0 radical (unpaired) electrons. The lowest BCUT2D eigenvalue weighted by molar-refractivity contribution is 0.588. The standard InChI is InChI=1S/C23H21N5O2S/c1-15-13-20(16-7-6-12-24-14-16)21(19-11-5-10-18(15)19)25-22-26-23(28-27-22)31(29,30)17-8-3-2-4-9-17/h2-4,6-9,12-14H,5,10-11H2,1H3,(H2,25,26,27,28). The van der Waals surface area contributed by atoms with Crippen molar-refractivity contribution in [1.29, 1.82) is 0 Å². The van der Waals surface area contributed by atoms with E-state index in [1.807, 2.05) is 18.3 Å². The van der Waals surface area contributed by atoms with Crippen molar-refractivity contribution in [2.24, 2.45) is 0 Å². The third-order valence-electron chi connectivity index (χ3n) is 5.61. The third kappa shape index (κ3) is 3.48. The van der Waals surface area contributed by atoms with Gasteiger partial charge in [0.15, 0.2) is 0 Å². The van der Waals surface area contributed by atoms with Crippen molar-refractivity contribution >= 4 is 21.5 Å². The average Bonchev–Trinajstić information content (AvgIpc) is 3.47. The van der Waals surface area contributed by atoms with Gasteiger partial charge in [0, 0.05) is 23.5 Å². The zero-order valence-corrected chi connectivity index (χ0v) is 17.8. The predicted molar refractivity (Wildman–Crippen MR) is 118 cm³/mol. The van der Waals surface area contributed by atoms with Crippen LogP contribution in [0.25, 0.3) is 11.1 Å². The number of aromatic nitrogens is 4. The number of hydrogen-bond acceptors (Lipinski definition) is 6. The van der Waals surface area contributed by atoms with Crippen LogP contribution in [-0.2, 0) is 22.7 Å². The molecule has 0 saturated carbocycles. The van der Waals surface area contributed by atoms with Gasteiger partial charge in [-0.25, -0.2) is 13.5 Å². The molecular weight excluding hydrogens is 410 g/mol. The van der Waals surface area contributed by atoms with Crippen molar-refractivity contribution < 1.29 is 8.42 Å². The van der Waals surface area contributed by atoms with E-state index in [1.165, 1.54) is 28.8 Å². The lowest BCUT2D eigenvalue weighted by atomic mass is 9.94.